The summed E-state index contributed by atoms with van der Waals surface area (Å²) in [7, 11) is -3.54. The van der Waals surface area contributed by atoms with Gasteiger partial charge in [-0.15, -0.1) is 0 Å². The number of sulfonamides is 1. The summed E-state index contributed by atoms with van der Waals surface area (Å²) in [4.78, 5) is 6.29. The van der Waals surface area contributed by atoms with E-state index >= 15 is 0 Å². The number of aromatic nitrogens is 2. The summed E-state index contributed by atoms with van der Waals surface area (Å²) in [6.45, 7) is 0.766. The first-order valence-corrected chi connectivity index (χ1v) is 7.80. The van der Waals surface area contributed by atoms with Crippen LogP contribution in [0.2, 0.25) is 0 Å². The van der Waals surface area contributed by atoms with Gasteiger partial charge in [-0.3, -0.25) is 0 Å². The number of ether oxygens (including phenoxy) is 1. The minimum absolute atomic E-state index is 0.0636. The number of fused-ring (bicyclic) bond motifs is 1. The van der Waals surface area contributed by atoms with Gasteiger partial charge in [0.2, 0.25) is 0 Å². The zero-order valence-corrected chi connectivity index (χ0v) is 11.6. The van der Waals surface area contributed by atoms with Crippen molar-refractivity contribution < 1.29 is 13.2 Å². The molecule has 20 heavy (non-hydrogen) atoms. The van der Waals surface area contributed by atoms with Crippen molar-refractivity contribution in [3.8, 4) is 0 Å². The molecular weight excluding hydrogens is 278 g/mol. The van der Waals surface area contributed by atoms with Crippen molar-refractivity contribution in [3.63, 3.8) is 0 Å². The summed E-state index contributed by atoms with van der Waals surface area (Å²) in [6, 6.07) is 8.04. The molecule has 2 N–H and O–H groups in total. The number of aromatic amines is 1. The van der Waals surface area contributed by atoms with Crippen LogP contribution < -0.4 is 4.72 Å². The molecule has 0 radical (unpaired) electrons. The monoisotopic (exact) mass is 293 g/mol. The zero-order chi connectivity index (χ0) is 14.0. The van der Waals surface area contributed by atoms with Crippen LogP contribution in [0.1, 0.15) is 11.1 Å². The van der Waals surface area contributed by atoms with Crippen LogP contribution in [0.5, 0.6) is 0 Å². The Hall–Kier alpha value is -1.70. The average molecular weight is 293 g/mol. The van der Waals surface area contributed by atoms with Crippen LogP contribution >= 0.6 is 0 Å². The molecule has 1 aliphatic rings. The summed E-state index contributed by atoms with van der Waals surface area (Å²) in [6.07, 6.45) is 3.17. The predicted octanol–water partition coefficient (Wildman–Crippen LogP) is 0.829. The topological polar surface area (TPSA) is 84.1 Å². The van der Waals surface area contributed by atoms with E-state index in [1.54, 1.807) is 0 Å². The molecule has 1 aromatic heterocycles. The SMILES string of the molecule is O=S(=O)(NCC1Cc2ccccc2CO1)c1cnc[nH]1. The third-order valence-corrected chi connectivity index (χ3v) is 4.65. The highest BCUT2D eigenvalue weighted by molar-refractivity contribution is 7.89. The summed E-state index contributed by atoms with van der Waals surface area (Å²) < 4.78 is 32.1. The minimum atomic E-state index is -3.54. The lowest BCUT2D eigenvalue weighted by atomic mass is 9.99. The van der Waals surface area contributed by atoms with Crippen molar-refractivity contribution in [2.75, 3.05) is 6.54 Å². The van der Waals surface area contributed by atoms with Crippen molar-refractivity contribution in [1.29, 1.82) is 0 Å². The van der Waals surface area contributed by atoms with E-state index in [0.717, 1.165) is 0 Å². The van der Waals surface area contributed by atoms with Crippen LogP contribution in [-0.2, 0) is 27.8 Å². The molecule has 0 aliphatic carbocycles. The molecule has 3 rings (SSSR count). The number of imidazole rings is 1. The van der Waals surface area contributed by atoms with Crippen LogP contribution in [0.3, 0.4) is 0 Å². The summed E-state index contributed by atoms with van der Waals surface area (Å²) >= 11 is 0. The molecule has 0 spiro atoms. The van der Waals surface area contributed by atoms with Crippen molar-refractivity contribution in [2.24, 2.45) is 0 Å². The van der Waals surface area contributed by atoms with E-state index in [9.17, 15) is 8.42 Å². The molecule has 0 saturated carbocycles. The first-order valence-electron chi connectivity index (χ1n) is 6.31. The van der Waals surface area contributed by atoms with Gasteiger partial charge in [0.05, 0.1) is 25.2 Å². The summed E-state index contributed by atoms with van der Waals surface area (Å²) in [5, 5.41) is 0.0636. The molecule has 6 nitrogen and oxygen atoms in total. The van der Waals surface area contributed by atoms with E-state index in [1.165, 1.54) is 23.7 Å². The van der Waals surface area contributed by atoms with Gasteiger partial charge in [0.25, 0.3) is 10.0 Å². The third kappa shape index (κ3) is 2.74. The Kier molecular flexibility index (Phi) is 3.56. The fraction of sp³-hybridized carbons (Fsp3) is 0.308. The lowest BCUT2D eigenvalue weighted by Crippen LogP contribution is -2.36. The van der Waals surface area contributed by atoms with Gasteiger partial charge >= 0.3 is 0 Å². The fourth-order valence-corrected chi connectivity index (χ4v) is 3.18. The second-order valence-corrected chi connectivity index (χ2v) is 6.41. The van der Waals surface area contributed by atoms with Crippen molar-refractivity contribution in [3.05, 3.63) is 47.9 Å². The van der Waals surface area contributed by atoms with Gasteiger partial charge in [0.15, 0.2) is 5.03 Å². The Labute approximate surface area is 117 Å². The molecule has 1 unspecified atom stereocenters. The predicted molar refractivity (Wildman–Crippen MR) is 72.5 cm³/mol. The lowest BCUT2D eigenvalue weighted by Gasteiger charge is -2.25. The van der Waals surface area contributed by atoms with E-state index < -0.39 is 10.0 Å². The molecule has 2 heterocycles. The largest absolute Gasteiger partial charge is 0.372 e. The molecule has 7 heteroatoms. The molecule has 1 atom stereocenters. The smallest absolute Gasteiger partial charge is 0.257 e. The summed E-state index contributed by atoms with van der Waals surface area (Å²) in [5.41, 5.74) is 2.38. The van der Waals surface area contributed by atoms with E-state index in [-0.39, 0.29) is 17.7 Å². The van der Waals surface area contributed by atoms with Gasteiger partial charge in [-0.05, 0) is 11.1 Å². The molecular formula is C13H15N3O3S. The molecule has 1 aliphatic heterocycles. The highest BCUT2D eigenvalue weighted by Crippen LogP contribution is 2.20. The van der Waals surface area contributed by atoms with Crippen molar-refractivity contribution in [2.45, 2.75) is 24.2 Å². The van der Waals surface area contributed by atoms with Crippen LogP contribution in [-0.4, -0.2) is 31.0 Å². The zero-order valence-electron chi connectivity index (χ0n) is 10.7. The van der Waals surface area contributed by atoms with Crippen LogP contribution in [0.15, 0.2) is 41.8 Å². The fourth-order valence-electron chi connectivity index (χ4n) is 2.21. The number of nitrogens with one attached hydrogen (secondary N) is 2. The highest BCUT2D eigenvalue weighted by atomic mass is 32.2. The van der Waals surface area contributed by atoms with E-state index in [0.29, 0.717) is 13.0 Å². The lowest BCUT2D eigenvalue weighted by molar-refractivity contribution is 0.0322. The second kappa shape index (κ2) is 5.35. The minimum Gasteiger partial charge on any atom is -0.372 e. The number of rotatable bonds is 4. The van der Waals surface area contributed by atoms with Gasteiger partial charge in [0, 0.05) is 13.0 Å². The van der Waals surface area contributed by atoms with Gasteiger partial charge in [0.1, 0.15) is 0 Å². The van der Waals surface area contributed by atoms with Gasteiger partial charge in [-0.25, -0.2) is 18.1 Å². The quantitative estimate of drug-likeness (QED) is 0.874. The van der Waals surface area contributed by atoms with E-state index in [4.69, 9.17) is 4.74 Å². The third-order valence-electron chi connectivity index (χ3n) is 3.30. The van der Waals surface area contributed by atoms with Crippen molar-refractivity contribution >= 4 is 10.0 Å². The number of hydrogen-bond acceptors (Lipinski definition) is 4. The van der Waals surface area contributed by atoms with Crippen LogP contribution in [0.4, 0.5) is 0 Å². The van der Waals surface area contributed by atoms with Crippen LogP contribution in [0, 0.1) is 0 Å². The number of nitrogens with zero attached hydrogens (tertiary/aromatic N) is 1. The van der Waals surface area contributed by atoms with E-state index in [2.05, 4.69) is 14.7 Å². The average Bonchev–Trinajstić information content (AvgIpc) is 3.00. The maximum atomic E-state index is 11.9. The number of hydrogen-bond donors (Lipinski definition) is 2. The van der Waals surface area contributed by atoms with Gasteiger partial charge < -0.3 is 9.72 Å². The molecule has 2 aromatic rings. The Morgan fingerprint density at radius 1 is 1.35 bits per heavy atom. The van der Waals surface area contributed by atoms with Crippen molar-refractivity contribution in [1.82, 2.24) is 14.7 Å². The summed E-state index contributed by atoms with van der Waals surface area (Å²) in [5.74, 6) is 0. The molecule has 1 aromatic carbocycles. The molecule has 0 amide bonds. The molecule has 0 saturated heterocycles. The first kappa shape index (κ1) is 13.3. The Morgan fingerprint density at radius 3 is 2.90 bits per heavy atom. The normalized spacial score (nSPS) is 18.7. The maximum absolute atomic E-state index is 11.9. The maximum Gasteiger partial charge on any atom is 0.257 e. The Balaban J connectivity index is 1.63. The number of H-pyrrole nitrogens is 1. The van der Waals surface area contributed by atoms with Gasteiger partial charge in [-0.2, -0.15) is 0 Å². The molecule has 0 bridgehead atoms. The highest BCUT2D eigenvalue weighted by Gasteiger charge is 2.22. The van der Waals surface area contributed by atoms with E-state index in [1.807, 2.05) is 24.3 Å². The molecule has 0 fully saturated rings. The van der Waals surface area contributed by atoms with Crippen LogP contribution in [0.25, 0.3) is 0 Å². The van der Waals surface area contributed by atoms with Gasteiger partial charge in [-0.1, -0.05) is 24.3 Å². The Morgan fingerprint density at radius 2 is 2.15 bits per heavy atom. The molecule has 106 valence electrons. The standard InChI is InChI=1S/C13H15N3O3S/c17-20(18,13-7-14-9-15-13)16-6-12-5-10-3-1-2-4-11(10)8-19-12/h1-4,7,9,12,16H,5-6,8H2,(H,14,15). The number of benzene rings is 1. The second-order valence-electron chi connectivity index (χ2n) is 4.67. The Bertz CT molecular complexity index is 683. The first-order chi connectivity index (χ1) is 9.65.